The summed E-state index contributed by atoms with van der Waals surface area (Å²) in [4.78, 5) is 11.3. The third-order valence-corrected chi connectivity index (χ3v) is 1.89. The summed E-state index contributed by atoms with van der Waals surface area (Å²) in [7, 11) is 0. The van der Waals surface area contributed by atoms with E-state index in [1.807, 2.05) is 12.3 Å². The van der Waals surface area contributed by atoms with Crippen LogP contribution in [0.2, 0.25) is 0 Å². The van der Waals surface area contributed by atoms with Gasteiger partial charge in [0, 0.05) is 0 Å². The standard InChI is InChI=1S/C10H12O3S/c1-14-8-12-7-13-10(11)9-5-3-2-4-6-9/h2-6H,7-8H2,1H3. The number of hydrogen-bond donors (Lipinski definition) is 0. The number of esters is 1. The van der Waals surface area contributed by atoms with Gasteiger partial charge in [0.2, 0.25) is 0 Å². The molecule has 3 nitrogen and oxygen atoms in total. The van der Waals surface area contributed by atoms with Gasteiger partial charge >= 0.3 is 5.97 Å². The van der Waals surface area contributed by atoms with Gasteiger partial charge in [-0.2, -0.15) is 0 Å². The summed E-state index contributed by atoms with van der Waals surface area (Å²) in [5.41, 5.74) is 0.542. The summed E-state index contributed by atoms with van der Waals surface area (Å²) in [6, 6.07) is 8.84. The molecule has 14 heavy (non-hydrogen) atoms. The van der Waals surface area contributed by atoms with E-state index in [2.05, 4.69) is 0 Å². The number of ether oxygens (including phenoxy) is 2. The van der Waals surface area contributed by atoms with E-state index < -0.39 is 0 Å². The summed E-state index contributed by atoms with van der Waals surface area (Å²) in [5.74, 6) is 0.175. The van der Waals surface area contributed by atoms with E-state index in [0.29, 0.717) is 11.5 Å². The topological polar surface area (TPSA) is 35.5 Å². The Balaban J connectivity index is 2.29. The van der Waals surface area contributed by atoms with Crippen LogP contribution >= 0.6 is 11.8 Å². The molecule has 0 atom stereocenters. The molecule has 0 aliphatic carbocycles. The summed E-state index contributed by atoms with van der Waals surface area (Å²) in [6.45, 7) is 0.00850. The Morgan fingerprint density at radius 2 is 2.07 bits per heavy atom. The summed E-state index contributed by atoms with van der Waals surface area (Å²) >= 11 is 1.54. The fourth-order valence-corrected chi connectivity index (χ4v) is 1.10. The van der Waals surface area contributed by atoms with Crippen LogP contribution < -0.4 is 0 Å². The van der Waals surface area contributed by atoms with Gasteiger partial charge in [0.15, 0.2) is 6.79 Å². The smallest absolute Gasteiger partial charge is 0.340 e. The Morgan fingerprint density at radius 1 is 1.36 bits per heavy atom. The maximum atomic E-state index is 11.3. The summed E-state index contributed by atoms with van der Waals surface area (Å²) < 4.78 is 9.85. The minimum Gasteiger partial charge on any atom is -0.435 e. The van der Waals surface area contributed by atoms with E-state index in [0.717, 1.165) is 0 Å². The predicted octanol–water partition coefficient (Wildman–Crippen LogP) is 2.14. The second-order valence-electron chi connectivity index (χ2n) is 2.53. The third-order valence-electron chi connectivity index (χ3n) is 1.48. The molecule has 1 aromatic carbocycles. The van der Waals surface area contributed by atoms with Crippen molar-refractivity contribution in [1.29, 1.82) is 0 Å². The van der Waals surface area contributed by atoms with Gasteiger partial charge in [-0.05, 0) is 18.4 Å². The molecule has 0 saturated heterocycles. The van der Waals surface area contributed by atoms with Gasteiger partial charge < -0.3 is 9.47 Å². The monoisotopic (exact) mass is 212 g/mol. The number of thioether (sulfide) groups is 1. The Kier molecular flexibility index (Phi) is 5.11. The molecule has 0 saturated carbocycles. The first-order valence-electron chi connectivity index (χ1n) is 4.13. The molecule has 1 rings (SSSR count). The van der Waals surface area contributed by atoms with E-state index in [1.54, 1.807) is 24.3 Å². The Bertz CT molecular complexity index is 274. The van der Waals surface area contributed by atoms with Crippen LogP contribution in [0.5, 0.6) is 0 Å². The van der Waals surface area contributed by atoms with Crippen LogP contribution in [0.1, 0.15) is 10.4 Å². The summed E-state index contributed by atoms with van der Waals surface area (Å²) in [6.07, 6.45) is 1.92. The fourth-order valence-electron chi connectivity index (χ4n) is 0.870. The first-order chi connectivity index (χ1) is 6.84. The molecular weight excluding hydrogens is 200 g/mol. The molecule has 1 aromatic rings. The molecular formula is C10H12O3S. The van der Waals surface area contributed by atoms with Crippen LogP contribution in [0.15, 0.2) is 30.3 Å². The van der Waals surface area contributed by atoms with E-state index in [4.69, 9.17) is 9.47 Å². The van der Waals surface area contributed by atoms with Gasteiger partial charge in [-0.15, -0.1) is 11.8 Å². The molecule has 0 N–H and O–H groups in total. The zero-order valence-corrected chi connectivity index (χ0v) is 8.75. The normalized spacial score (nSPS) is 9.79. The largest absolute Gasteiger partial charge is 0.435 e. The molecule has 76 valence electrons. The maximum Gasteiger partial charge on any atom is 0.340 e. The maximum absolute atomic E-state index is 11.3. The van der Waals surface area contributed by atoms with Crippen LogP contribution in [0.25, 0.3) is 0 Å². The van der Waals surface area contributed by atoms with Gasteiger partial charge in [-0.1, -0.05) is 18.2 Å². The molecule has 0 fully saturated rings. The van der Waals surface area contributed by atoms with Crippen molar-refractivity contribution in [2.75, 3.05) is 19.0 Å². The van der Waals surface area contributed by atoms with E-state index in [-0.39, 0.29) is 12.8 Å². The molecule has 0 aliphatic heterocycles. The van der Waals surface area contributed by atoms with Crippen LogP contribution in [0.4, 0.5) is 0 Å². The quantitative estimate of drug-likeness (QED) is 0.425. The van der Waals surface area contributed by atoms with Crippen molar-refractivity contribution < 1.29 is 14.3 Å². The minimum absolute atomic E-state index is 0.00850. The van der Waals surface area contributed by atoms with Gasteiger partial charge in [0.25, 0.3) is 0 Å². The fraction of sp³-hybridized carbons (Fsp3) is 0.300. The lowest BCUT2D eigenvalue weighted by Crippen LogP contribution is -2.08. The number of rotatable bonds is 5. The second kappa shape index (κ2) is 6.45. The SMILES string of the molecule is CSCOCOC(=O)c1ccccc1. The van der Waals surface area contributed by atoms with Gasteiger partial charge in [0.1, 0.15) is 0 Å². The van der Waals surface area contributed by atoms with E-state index in [1.165, 1.54) is 11.8 Å². The molecule has 0 bridgehead atoms. The first kappa shape index (κ1) is 11.1. The van der Waals surface area contributed by atoms with Crippen molar-refractivity contribution in [3.63, 3.8) is 0 Å². The van der Waals surface area contributed by atoms with Gasteiger partial charge in [0.05, 0.1) is 11.5 Å². The lowest BCUT2D eigenvalue weighted by Gasteiger charge is -2.04. The van der Waals surface area contributed by atoms with Crippen molar-refractivity contribution in [3.8, 4) is 0 Å². The Morgan fingerprint density at radius 3 is 2.71 bits per heavy atom. The average Bonchev–Trinajstić information content (AvgIpc) is 2.25. The first-order valence-corrected chi connectivity index (χ1v) is 5.53. The second-order valence-corrected chi connectivity index (χ2v) is 3.34. The molecule has 0 aliphatic rings. The van der Waals surface area contributed by atoms with E-state index in [9.17, 15) is 4.79 Å². The number of hydrogen-bond acceptors (Lipinski definition) is 4. The Labute approximate surface area is 87.4 Å². The van der Waals surface area contributed by atoms with Crippen LogP contribution in [0, 0.1) is 0 Å². The molecule has 0 spiro atoms. The molecule has 0 aromatic heterocycles. The molecule has 0 radical (unpaired) electrons. The highest BCUT2D eigenvalue weighted by Crippen LogP contribution is 2.01. The van der Waals surface area contributed by atoms with Crippen molar-refractivity contribution in [1.82, 2.24) is 0 Å². The lowest BCUT2D eigenvalue weighted by atomic mass is 10.2. The van der Waals surface area contributed by atoms with E-state index >= 15 is 0 Å². The van der Waals surface area contributed by atoms with Crippen LogP contribution in [0.3, 0.4) is 0 Å². The average molecular weight is 212 g/mol. The van der Waals surface area contributed by atoms with Crippen molar-refractivity contribution in [2.24, 2.45) is 0 Å². The molecule has 0 heterocycles. The van der Waals surface area contributed by atoms with Crippen molar-refractivity contribution in [3.05, 3.63) is 35.9 Å². The number of carbonyl (C=O) groups excluding carboxylic acids is 1. The highest BCUT2D eigenvalue weighted by molar-refractivity contribution is 7.98. The summed E-state index contributed by atoms with van der Waals surface area (Å²) in [5, 5.41) is 0. The Hall–Kier alpha value is -1.00. The number of carbonyl (C=O) groups is 1. The molecule has 0 unspecified atom stereocenters. The van der Waals surface area contributed by atoms with Crippen LogP contribution in [-0.4, -0.2) is 25.0 Å². The predicted molar refractivity (Wildman–Crippen MR) is 56.2 cm³/mol. The van der Waals surface area contributed by atoms with Crippen molar-refractivity contribution in [2.45, 2.75) is 0 Å². The zero-order valence-electron chi connectivity index (χ0n) is 7.93. The highest BCUT2D eigenvalue weighted by atomic mass is 32.2. The highest BCUT2D eigenvalue weighted by Gasteiger charge is 2.04. The van der Waals surface area contributed by atoms with Crippen molar-refractivity contribution >= 4 is 17.7 Å². The molecule has 4 heteroatoms. The number of benzene rings is 1. The van der Waals surface area contributed by atoms with Gasteiger partial charge in [-0.3, -0.25) is 0 Å². The zero-order chi connectivity index (χ0) is 10.2. The van der Waals surface area contributed by atoms with Crippen LogP contribution in [-0.2, 0) is 9.47 Å². The minimum atomic E-state index is -0.355. The lowest BCUT2D eigenvalue weighted by molar-refractivity contribution is -0.0169. The van der Waals surface area contributed by atoms with Gasteiger partial charge in [-0.25, -0.2) is 4.79 Å². The molecule has 0 amide bonds. The third kappa shape index (κ3) is 3.81.